The molecule has 2 aromatic carbocycles. The maximum absolute atomic E-state index is 13.2. The molecule has 0 saturated carbocycles. The van der Waals surface area contributed by atoms with Gasteiger partial charge in [0.1, 0.15) is 5.75 Å². The van der Waals surface area contributed by atoms with Gasteiger partial charge in [-0.15, -0.1) is 0 Å². The SMILES string of the molecule is CCC(C)OC(=O)Cc1c(C)n(C(=O)c2ccc(Cl)cc2)c2ccc(O)c(Cl)c12. The lowest BCUT2D eigenvalue weighted by Crippen LogP contribution is -2.17. The van der Waals surface area contributed by atoms with Gasteiger partial charge in [-0.1, -0.05) is 30.1 Å². The van der Waals surface area contributed by atoms with Gasteiger partial charge in [0.15, 0.2) is 0 Å². The van der Waals surface area contributed by atoms with Gasteiger partial charge in [-0.2, -0.15) is 0 Å². The second kappa shape index (κ2) is 8.47. The van der Waals surface area contributed by atoms with Crippen molar-refractivity contribution in [1.29, 1.82) is 0 Å². The number of carbonyl (C=O) groups excluding carboxylic acids is 2. The summed E-state index contributed by atoms with van der Waals surface area (Å²) in [6.07, 6.45) is 0.426. The van der Waals surface area contributed by atoms with Crippen LogP contribution in [0.15, 0.2) is 36.4 Å². The Morgan fingerprint density at radius 1 is 1.14 bits per heavy atom. The van der Waals surface area contributed by atoms with Gasteiger partial charge >= 0.3 is 5.97 Å². The van der Waals surface area contributed by atoms with Crippen molar-refractivity contribution in [3.63, 3.8) is 0 Å². The van der Waals surface area contributed by atoms with E-state index in [0.29, 0.717) is 39.2 Å². The molecule has 5 nitrogen and oxygen atoms in total. The zero-order valence-corrected chi connectivity index (χ0v) is 17.8. The maximum Gasteiger partial charge on any atom is 0.310 e. The highest BCUT2D eigenvalue weighted by molar-refractivity contribution is 6.37. The first-order valence-corrected chi connectivity index (χ1v) is 10.0. The topological polar surface area (TPSA) is 68.5 Å². The van der Waals surface area contributed by atoms with Crippen molar-refractivity contribution in [2.24, 2.45) is 0 Å². The molecule has 29 heavy (non-hydrogen) atoms. The fourth-order valence-corrected chi connectivity index (χ4v) is 3.62. The first-order valence-electron chi connectivity index (χ1n) is 9.25. The molecule has 7 heteroatoms. The zero-order valence-electron chi connectivity index (χ0n) is 16.3. The second-order valence-corrected chi connectivity index (χ2v) is 7.70. The summed E-state index contributed by atoms with van der Waals surface area (Å²) in [5.74, 6) is -0.820. The van der Waals surface area contributed by atoms with E-state index in [1.165, 1.54) is 10.6 Å². The predicted molar refractivity (Wildman–Crippen MR) is 114 cm³/mol. The Balaban J connectivity index is 2.15. The average molecular weight is 434 g/mol. The molecule has 0 aliphatic rings. The number of rotatable bonds is 5. The van der Waals surface area contributed by atoms with Crippen molar-refractivity contribution in [1.82, 2.24) is 4.57 Å². The van der Waals surface area contributed by atoms with E-state index in [9.17, 15) is 14.7 Å². The van der Waals surface area contributed by atoms with E-state index < -0.39 is 5.97 Å². The molecule has 0 amide bonds. The highest BCUT2D eigenvalue weighted by atomic mass is 35.5. The number of carbonyl (C=O) groups is 2. The highest BCUT2D eigenvalue weighted by Crippen LogP contribution is 2.38. The molecule has 152 valence electrons. The molecular weight excluding hydrogens is 413 g/mol. The molecule has 3 aromatic rings. The monoisotopic (exact) mass is 433 g/mol. The Morgan fingerprint density at radius 2 is 1.79 bits per heavy atom. The van der Waals surface area contributed by atoms with Crippen LogP contribution in [0.3, 0.4) is 0 Å². The number of aromatic hydroxyl groups is 1. The molecule has 0 radical (unpaired) electrons. The smallest absolute Gasteiger partial charge is 0.310 e. The molecule has 1 N–H and O–H groups in total. The summed E-state index contributed by atoms with van der Waals surface area (Å²) < 4.78 is 6.89. The fraction of sp³-hybridized carbons (Fsp3) is 0.273. The van der Waals surface area contributed by atoms with Crippen molar-refractivity contribution in [2.45, 2.75) is 39.7 Å². The van der Waals surface area contributed by atoms with Crippen molar-refractivity contribution in [3.05, 3.63) is 63.3 Å². The van der Waals surface area contributed by atoms with Crippen LogP contribution in [0.2, 0.25) is 10.0 Å². The predicted octanol–water partition coefficient (Wildman–Crippen LogP) is 5.53. The van der Waals surface area contributed by atoms with Crippen molar-refractivity contribution in [3.8, 4) is 5.75 Å². The van der Waals surface area contributed by atoms with E-state index in [1.807, 2.05) is 13.8 Å². The van der Waals surface area contributed by atoms with Crippen LogP contribution in [0.1, 0.15) is 41.9 Å². The summed E-state index contributed by atoms with van der Waals surface area (Å²) in [5, 5.41) is 11.2. The van der Waals surface area contributed by atoms with Crippen LogP contribution in [0.25, 0.3) is 10.9 Å². The summed E-state index contributed by atoms with van der Waals surface area (Å²) in [7, 11) is 0. The van der Waals surface area contributed by atoms with E-state index in [4.69, 9.17) is 27.9 Å². The van der Waals surface area contributed by atoms with Gasteiger partial charge in [-0.3, -0.25) is 14.2 Å². The van der Waals surface area contributed by atoms with Crippen LogP contribution >= 0.6 is 23.2 Å². The lowest BCUT2D eigenvalue weighted by molar-refractivity contribution is -0.147. The number of phenolic OH excluding ortho intramolecular Hbond substituents is 1. The van der Waals surface area contributed by atoms with Crippen LogP contribution in [-0.2, 0) is 16.0 Å². The number of hydrogen-bond donors (Lipinski definition) is 1. The lowest BCUT2D eigenvalue weighted by atomic mass is 10.1. The molecule has 1 aromatic heterocycles. The number of fused-ring (bicyclic) bond motifs is 1. The number of benzene rings is 2. The average Bonchev–Trinajstić information content (AvgIpc) is 2.96. The quantitative estimate of drug-likeness (QED) is 0.536. The molecule has 1 heterocycles. The molecular formula is C22H21Cl2NO4. The third-order valence-corrected chi connectivity index (χ3v) is 5.57. The number of ether oxygens (including phenoxy) is 1. The largest absolute Gasteiger partial charge is 0.506 e. The second-order valence-electron chi connectivity index (χ2n) is 6.89. The summed E-state index contributed by atoms with van der Waals surface area (Å²) in [6.45, 7) is 5.48. The van der Waals surface area contributed by atoms with Crippen LogP contribution in [0.5, 0.6) is 5.75 Å². The molecule has 0 spiro atoms. The van der Waals surface area contributed by atoms with Gasteiger partial charge < -0.3 is 9.84 Å². The van der Waals surface area contributed by atoms with Crippen molar-refractivity contribution in [2.75, 3.05) is 0 Å². The van der Waals surface area contributed by atoms with Crippen molar-refractivity contribution < 1.29 is 19.4 Å². The first kappa shape index (κ1) is 21.2. The Morgan fingerprint density at radius 3 is 2.41 bits per heavy atom. The molecule has 0 saturated heterocycles. The minimum absolute atomic E-state index is 0.0588. The van der Waals surface area contributed by atoms with E-state index in [2.05, 4.69) is 0 Å². The van der Waals surface area contributed by atoms with Gasteiger partial charge in [0.25, 0.3) is 5.91 Å². The van der Waals surface area contributed by atoms with Crippen molar-refractivity contribution >= 4 is 46.0 Å². The molecule has 3 rings (SSSR count). The standard InChI is InChI=1S/C22H21Cl2NO4/c1-4-12(2)29-19(27)11-16-13(3)25(17-9-10-18(26)21(24)20(16)17)22(28)14-5-7-15(23)8-6-14/h5-10,12,26H,4,11H2,1-3H3. The van der Waals surface area contributed by atoms with Crippen LogP contribution in [0.4, 0.5) is 0 Å². The van der Waals surface area contributed by atoms with Crippen LogP contribution in [0, 0.1) is 6.92 Å². The van der Waals surface area contributed by atoms with E-state index in [0.717, 1.165) is 0 Å². The van der Waals surface area contributed by atoms with E-state index >= 15 is 0 Å². The normalized spacial score (nSPS) is 12.2. The fourth-order valence-electron chi connectivity index (χ4n) is 3.22. The summed E-state index contributed by atoms with van der Waals surface area (Å²) in [6, 6.07) is 9.58. The lowest BCUT2D eigenvalue weighted by Gasteiger charge is -2.11. The molecule has 0 aliphatic heterocycles. The van der Waals surface area contributed by atoms with E-state index in [-0.39, 0.29) is 29.2 Å². The van der Waals surface area contributed by atoms with E-state index in [1.54, 1.807) is 37.3 Å². The highest BCUT2D eigenvalue weighted by Gasteiger charge is 2.25. The number of hydrogen-bond acceptors (Lipinski definition) is 4. The van der Waals surface area contributed by atoms with Crippen LogP contribution < -0.4 is 0 Å². The third kappa shape index (κ3) is 4.11. The van der Waals surface area contributed by atoms with Gasteiger partial charge in [-0.25, -0.2) is 0 Å². The Bertz CT molecular complexity index is 1090. The van der Waals surface area contributed by atoms with Gasteiger partial charge in [0.2, 0.25) is 0 Å². The number of aromatic nitrogens is 1. The minimum atomic E-state index is -0.417. The summed E-state index contributed by atoms with van der Waals surface area (Å²) >= 11 is 12.3. The molecule has 1 unspecified atom stereocenters. The first-order chi connectivity index (χ1) is 13.7. The number of esters is 1. The molecule has 0 bridgehead atoms. The zero-order chi connectivity index (χ0) is 21.3. The molecule has 1 atom stereocenters. The Kier molecular flexibility index (Phi) is 6.20. The Hall–Kier alpha value is -2.50. The summed E-state index contributed by atoms with van der Waals surface area (Å²) in [5.41, 5.74) is 2.06. The third-order valence-electron chi connectivity index (χ3n) is 4.94. The number of phenols is 1. The van der Waals surface area contributed by atoms with Gasteiger partial charge in [0.05, 0.1) is 23.1 Å². The van der Waals surface area contributed by atoms with Gasteiger partial charge in [-0.05, 0) is 62.2 Å². The van der Waals surface area contributed by atoms with Crippen LogP contribution in [-0.4, -0.2) is 27.7 Å². The maximum atomic E-state index is 13.2. The minimum Gasteiger partial charge on any atom is -0.506 e. The Labute approximate surface area is 178 Å². The number of nitrogens with zero attached hydrogens (tertiary/aromatic N) is 1. The molecule has 0 fully saturated rings. The van der Waals surface area contributed by atoms with Gasteiger partial charge in [0, 0.05) is 21.7 Å². The number of halogens is 2. The summed E-state index contributed by atoms with van der Waals surface area (Å²) in [4.78, 5) is 25.6. The molecule has 0 aliphatic carbocycles.